The molecule has 1 rings (SSSR count). The lowest BCUT2D eigenvalue weighted by Crippen LogP contribution is -2.41. The minimum atomic E-state index is -1.19. The van der Waals surface area contributed by atoms with Crippen LogP contribution >= 0.6 is 0 Å². The third-order valence-corrected chi connectivity index (χ3v) is 2.08. The fourth-order valence-corrected chi connectivity index (χ4v) is 1.16. The molecule has 0 fully saturated rings. The van der Waals surface area contributed by atoms with Crippen molar-refractivity contribution in [2.24, 2.45) is 0 Å². The molecular weight excluding hydrogens is 242 g/mol. The van der Waals surface area contributed by atoms with Gasteiger partial charge in [-0.1, -0.05) is 12.1 Å². The van der Waals surface area contributed by atoms with Crippen molar-refractivity contribution in [2.45, 2.75) is 13.0 Å². The molecule has 0 heterocycles. The normalized spacial score (nSPS) is 11.5. The number of carbonyl (C=O) groups excluding carboxylic acids is 1. The molecule has 0 unspecified atom stereocenters. The monoisotopic (exact) mass is 254 g/mol. The van der Waals surface area contributed by atoms with Crippen molar-refractivity contribution in [1.29, 1.82) is 0 Å². The predicted octanol–water partition coefficient (Wildman–Crippen LogP) is 0.975. The Kier molecular flexibility index (Phi) is 4.46. The highest BCUT2D eigenvalue weighted by molar-refractivity contribution is 5.95. The highest BCUT2D eigenvalue weighted by Gasteiger charge is 2.14. The molecule has 2 amide bonds. The topological polar surface area (TPSA) is 125 Å². The predicted molar refractivity (Wildman–Crippen MR) is 63.3 cm³/mol. The number of hydrogen-bond acceptors (Lipinski definition) is 5. The van der Waals surface area contributed by atoms with E-state index < -0.39 is 23.3 Å². The summed E-state index contributed by atoms with van der Waals surface area (Å²) < 4.78 is 0. The van der Waals surface area contributed by atoms with Crippen LogP contribution in [0.5, 0.6) is 0 Å². The Bertz CT molecular complexity index is 449. The van der Waals surface area contributed by atoms with E-state index in [9.17, 15) is 14.8 Å². The van der Waals surface area contributed by atoms with Crippen LogP contribution in [0.3, 0.4) is 0 Å². The summed E-state index contributed by atoms with van der Waals surface area (Å²) in [5.41, 5.74) is -0.0966. The summed E-state index contributed by atoms with van der Waals surface area (Å²) in [4.78, 5) is 21.9. The zero-order valence-electron chi connectivity index (χ0n) is 9.45. The fourth-order valence-electron chi connectivity index (χ4n) is 1.16. The summed E-state index contributed by atoms with van der Waals surface area (Å²) in [5.74, 6) is -1.19. The van der Waals surface area contributed by atoms with Crippen LogP contribution in [0.15, 0.2) is 24.3 Å². The largest absolute Gasteiger partial charge is 0.733 e. The van der Waals surface area contributed by atoms with Crippen molar-refractivity contribution < 1.29 is 19.9 Å². The Morgan fingerprint density at radius 2 is 2.00 bits per heavy atom. The first-order valence-corrected chi connectivity index (χ1v) is 4.97. The van der Waals surface area contributed by atoms with E-state index in [1.165, 1.54) is 25.1 Å². The standard InChI is InChI=1S/C10H12N3O5/c1-6(9(14)15)11-10(16)12-7-4-2-3-5-8(7)13(17)18/h2-6,17H,1H3,(H,14,15)(H2,11,12,16)/q-1/t6-/m1/s1. The summed E-state index contributed by atoms with van der Waals surface area (Å²) in [5, 5.41) is 32.2. The lowest BCUT2D eigenvalue weighted by molar-refractivity contribution is -0.138. The lowest BCUT2D eigenvalue weighted by Gasteiger charge is -2.24. The van der Waals surface area contributed by atoms with Crippen LogP contribution in [-0.2, 0) is 4.79 Å². The molecule has 0 aliphatic rings. The van der Waals surface area contributed by atoms with Gasteiger partial charge in [0.25, 0.3) is 0 Å². The maximum atomic E-state index is 11.4. The molecule has 0 aromatic heterocycles. The molecule has 1 aromatic rings. The molecule has 8 heteroatoms. The number of amides is 2. The minimum Gasteiger partial charge on any atom is -0.733 e. The molecule has 1 atom stereocenters. The molecule has 0 saturated heterocycles. The zero-order chi connectivity index (χ0) is 13.7. The van der Waals surface area contributed by atoms with Crippen LogP contribution in [0.2, 0.25) is 0 Å². The van der Waals surface area contributed by atoms with Gasteiger partial charge < -0.3 is 26.2 Å². The summed E-state index contributed by atoms with van der Waals surface area (Å²) in [6, 6.07) is 3.86. The molecule has 4 N–H and O–H groups in total. The van der Waals surface area contributed by atoms with Crippen LogP contribution in [0, 0.1) is 5.21 Å². The summed E-state index contributed by atoms with van der Waals surface area (Å²) in [6.45, 7) is 1.29. The first-order valence-electron chi connectivity index (χ1n) is 4.97. The second-order valence-electron chi connectivity index (χ2n) is 3.45. The van der Waals surface area contributed by atoms with Gasteiger partial charge in [-0.3, -0.25) is 10.0 Å². The van der Waals surface area contributed by atoms with Gasteiger partial charge in [0.05, 0.1) is 11.4 Å². The molecule has 0 bridgehead atoms. The Balaban J connectivity index is 2.73. The second-order valence-corrected chi connectivity index (χ2v) is 3.45. The summed E-state index contributed by atoms with van der Waals surface area (Å²) in [6.07, 6.45) is 0. The number of carbonyl (C=O) groups is 2. The number of rotatable bonds is 4. The smallest absolute Gasteiger partial charge is 0.325 e. The minimum absolute atomic E-state index is 0.0603. The number of nitrogens with one attached hydrogen (secondary N) is 2. The van der Waals surface area contributed by atoms with Gasteiger partial charge in [-0.25, -0.2) is 4.79 Å². The van der Waals surface area contributed by atoms with Gasteiger partial charge in [-0.2, -0.15) is 0 Å². The van der Waals surface area contributed by atoms with Crippen molar-refractivity contribution in [3.63, 3.8) is 0 Å². The van der Waals surface area contributed by atoms with Gasteiger partial charge in [0.15, 0.2) is 0 Å². The molecule has 18 heavy (non-hydrogen) atoms. The van der Waals surface area contributed by atoms with Crippen LogP contribution in [0.25, 0.3) is 0 Å². The van der Waals surface area contributed by atoms with E-state index in [2.05, 4.69) is 10.6 Å². The first kappa shape index (κ1) is 13.7. The Labute approximate surface area is 102 Å². The number of benzene rings is 1. The van der Waals surface area contributed by atoms with Crippen LogP contribution in [0.4, 0.5) is 16.2 Å². The van der Waals surface area contributed by atoms with Gasteiger partial charge in [-0.15, -0.1) is 0 Å². The number of aliphatic carboxylic acids is 1. The average Bonchev–Trinajstić information content (AvgIpc) is 2.28. The molecule has 0 radical (unpaired) electrons. The second kappa shape index (κ2) is 5.84. The Hall–Kier alpha value is -2.32. The molecule has 0 aliphatic heterocycles. The van der Waals surface area contributed by atoms with E-state index in [-0.39, 0.29) is 11.4 Å². The van der Waals surface area contributed by atoms with Crippen molar-refractivity contribution in [3.05, 3.63) is 29.5 Å². The van der Waals surface area contributed by atoms with Crippen LogP contribution < -0.4 is 15.9 Å². The number of nitrogens with zero attached hydrogens (tertiary/aromatic N) is 1. The van der Waals surface area contributed by atoms with E-state index in [0.29, 0.717) is 0 Å². The Morgan fingerprint density at radius 3 is 2.56 bits per heavy atom. The third kappa shape index (κ3) is 3.61. The van der Waals surface area contributed by atoms with E-state index in [0.717, 1.165) is 0 Å². The third-order valence-electron chi connectivity index (χ3n) is 2.08. The first-order chi connectivity index (χ1) is 8.41. The van der Waals surface area contributed by atoms with Crippen molar-refractivity contribution in [1.82, 2.24) is 5.32 Å². The van der Waals surface area contributed by atoms with Gasteiger partial charge in [0.2, 0.25) is 0 Å². The summed E-state index contributed by atoms with van der Waals surface area (Å²) in [7, 11) is 0. The number of anilines is 2. The molecule has 0 spiro atoms. The van der Waals surface area contributed by atoms with Crippen molar-refractivity contribution in [3.8, 4) is 0 Å². The van der Waals surface area contributed by atoms with Gasteiger partial charge in [0, 0.05) is 0 Å². The number of carboxylic acid groups (broad SMARTS) is 1. The number of para-hydroxylation sites is 2. The number of hydrogen-bond donors (Lipinski definition) is 4. The van der Waals surface area contributed by atoms with Crippen LogP contribution in [-0.4, -0.2) is 28.4 Å². The maximum absolute atomic E-state index is 11.4. The molecule has 8 nitrogen and oxygen atoms in total. The fraction of sp³-hybridized carbons (Fsp3) is 0.200. The molecule has 0 aliphatic carbocycles. The highest BCUT2D eigenvalue weighted by atomic mass is 16.8. The Morgan fingerprint density at radius 1 is 1.39 bits per heavy atom. The SMILES string of the molecule is C[C@@H](NC(=O)Nc1ccccc1N([O-])O)C(=O)O. The maximum Gasteiger partial charge on any atom is 0.325 e. The molecule has 98 valence electrons. The van der Waals surface area contributed by atoms with Crippen molar-refractivity contribution >= 4 is 23.4 Å². The molecule has 1 aromatic carbocycles. The van der Waals surface area contributed by atoms with Crippen molar-refractivity contribution in [2.75, 3.05) is 10.5 Å². The van der Waals surface area contributed by atoms with Crippen LogP contribution in [0.1, 0.15) is 6.92 Å². The number of carboxylic acids is 1. The van der Waals surface area contributed by atoms with Gasteiger partial charge in [-0.05, 0) is 19.1 Å². The van der Waals surface area contributed by atoms with E-state index >= 15 is 0 Å². The average molecular weight is 254 g/mol. The van der Waals surface area contributed by atoms with E-state index in [1.807, 2.05) is 0 Å². The van der Waals surface area contributed by atoms with Gasteiger partial charge >= 0.3 is 12.0 Å². The molecule has 0 saturated carbocycles. The lowest BCUT2D eigenvalue weighted by atomic mass is 10.2. The van der Waals surface area contributed by atoms with E-state index in [1.54, 1.807) is 6.07 Å². The summed E-state index contributed by atoms with van der Waals surface area (Å²) >= 11 is 0. The number of urea groups is 1. The van der Waals surface area contributed by atoms with E-state index in [4.69, 9.17) is 10.3 Å². The molecular formula is C10H12N3O5-. The zero-order valence-corrected chi connectivity index (χ0v) is 9.45. The highest BCUT2D eigenvalue weighted by Crippen LogP contribution is 2.23. The van der Waals surface area contributed by atoms with Gasteiger partial charge in [0.1, 0.15) is 6.04 Å². The quantitative estimate of drug-likeness (QED) is 0.593.